The first-order valence-electron chi connectivity index (χ1n) is 9.07. The van der Waals surface area contributed by atoms with E-state index in [4.69, 9.17) is 9.26 Å². The Morgan fingerprint density at radius 2 is 1.93 bits per heavy atom. The average Bonchev–Trinajstić information content (AvgIpc) is 3.20. The van der Waals surface area contributed by atoms with Crippen LogP contribution in [0.5, 0.6) is 5.75 Å². The summed E-state index contributed by atoms with van der Waals surface area (Å²) in [5.41, 5.74) is 1.54. The van der Waals surface area contributed by atoms with Gasteiger partial charge in [0.15, 0.2) is 11.6 Å². The van der Waals surface area contributed by atoms with E-state index in [2.05, 4.69) is 15.1 Å². The highest BCUT2D eigenvalue weighted by molar-refractivity contribution is 5.70. The van der Waals surface area contributed by atoms with Gasteiger partial charge in [-0.1, -0.05) is 5.16 Å². The van der Waals surface area contributed by atoms with Crippen LogP contribution in [0, 0.1) is 12.7 Å². The molecule has 0 aliphatic carbocycles. The van der Waals surface area contributed by atoms with Gasteiger partial charge in [-0.15, -0.1) is 0 Å². The van der Waals surface area contributed by atoms with Crippen molar-refractivity contribution < 1.29 is 18.4 Å². The van der Waals surface area contributed by atoms with E-state index in [0.717, 1.165) is 5.69 Å². The highest BCUT2D eigenvalue weighted by atomic mass is 19.1. The summed E-state index contributed by atoms with van der Waals surface area (Å²) in [6.07, 6.45) is 2.58. The maximum absolute atomic E-state index is 13.0. The number of pyridine rings is 1. The van der Waals surface area contributed by atoms with E-state index in [-0.39, 0.29) is 17.8 Å². The van der Waals surface area contributed by atoms with Crippen molar-refractivity contribution in [3.63, 3.8) is 0 Å². The Bertz CT molecular complexity index is 948. The maximum atomic E-state index is 13.0. The molecule has 0 N–H and O–H groups in total. The van der Waals surface area contributed by atoms with Gasteiger partial charge in [-0.05, 0) is 56.2 Å². The Labute approximate surface area is 161 Å². The van der Waals surface area contributed by atoms with Crippen LogP contribution in [0.1, 0.15) is 30.3 Å². The number of aryl methyl sites for hydroxylation is 1. The standard InChI is InChI=1S/C20H19FN4O3/c1-13-2-7-17(12-22-13)27-20(26)25-10-8-14(9-11-25)18-23-19(28-24-18)15-3-5-16(21)6-4-15/h2-7,12,14H,8-11H2,1H3. The highest BCUT2D eigenvalue weighted by Crippen LogP contribution is 2.28. The number of aromatic nitrogens is 3. The second kappa shape index (κ2) is 7.75. The number of carbonyl (C=O) groups excluding carboxylic acids is 1. The number of halogens is 1. The molecule has 0 unspecified atom stereocenters. The molecule has 1 amide bonds. The minimum absolute atomic E-state index is 0.100. The van der Waals surface area contributed by atoms with E-state index in [1.807, 2.05) is 6.92 Å². The molecular weight excluding hydrogens is 363 g/mol. The Morgan fingerprint density at radius 3 is 2.61 bits per heavy atom. The van der Waals surface area contributed by atoms with Crippen LogP contribution in [0.3, 0.4) is 0 Å². The molecule has 7 nitrogen and oxygen atoms in total. The number of piperidine rings is 1. The van der Waals surface area contributed by atoms with Crippen molar-refractivity contribution in [1.82, 2.24) is 20.0 Å². The summed E-state index contributed by atoms with van der Waals surface area (Å²) in [7, 11) is 0. The predicted octanol–water partition coefficient (Wildman–Crippen LogP) is 3.96. The highest BCUT2D eigenvalue weighted by Gasteiger charge is 2.28. The van der Waals surface area contributed by atoms with Crippen molar-refractivity contribution in [1.29, 1.82) is 0 Å². The number of hydrogen-bond donors (Lipinski definition) is 0. The molecule has 8 heteroatoms. The van der Waals surface area contributed by atoms with Crippen molar-refractivity contribution in [3.8, 4) is 17.2 Å². The minimum atomic E-state index is -0.385. The summed E-state index contributed by atoms with van der Waals surface area (Å²) in [4.78, 5) is 22.5. The van der Waals surface area contributed by atoms with Crippen LogP contribution in [0.4, 0.5) is 9.18 Å². The van der Waals surface area contributed by atoms with Gasteiger partial charge in [-0.25, -0.2) is 9.18 Å². The van der Waals surface area contributed by atoms with E-state index in [1.165, 1.54) is 18.3 Å². The summed E-state index contributed by atoms with van der Waals surface area (Å²) >= 11 is 0. The fourth-order valence-corrected chi connectivity index (χ4v) is 3.11. The molecule has 4 rings (SSSR count). The van der Waals surface area contributed by atoms with Gasteiger partial charge in [-0.2, -0.15) is 4.98 Å². The van der Waals surface area contributed by atoms with Gasteiger partial charge in [0, 0.05) is 30.3 Å². The molecule has 3 heterocycles. The normalized spacial score (nSPS) is 14.9. The molecule has 1 aliphatic rings. The minimum Gasteiger partial charge on any atom is -0.409 e. The maximum Gasteiger partial charge on any atom is 0.415 e. The van der Waals surface area contributed by atoms with E-state index < -0.39 is 0 Å². The zero-order chi connectivity index (χ0) is 19.5. The molecule has 0 bridgehead atoms. The number of rotatable bonds is 3. The summed E-state index contributed by atoms with van der Waals surface area (Å²) < 4.78 is 23.7. The monoisotopic (exact) mass is 382 g/mol. The molecule has 3 aromatic rings. The van der Waals surface area contributed by atoms with Crippen molar-refractivity contribution in [2.75, 3.05) is 13.1 Å². The zero-order valence-corrected chi connectivity index (χ0v) is 15.3. The molecule has 0 spiro atoms. The molecule has 2 aromatic heterocycles. The van der Waals surface area contributed by atoms with Crippen LogP contribution in [-0.4, -0.2) is 39.2 Å². The number of nitrogens with zero attached hydrogens (tertiary/aromatic N) is 4. The third-order valence-corrected chi connectivity index (χ3v) is 4.74. The lowest BCUT2D eigenvalue weighted by Gasteiger charge is -2.29. The number of likely N-dealkylation sites (tertiary alicyclic amines) is 1. The lowest BCUT2D eigenvalue weighted by atomic mass is 9.96. The van der Waals surface area contributed by atoms with Gasteiger partial charge in [0.1, 0.15) is 5.82 Å². The number of benzene rings is 1. The van der Waals surface area contributed by atoms with E-state index in [0.29, 0.717) is 49.0 Å². The Balaban J connectivity index is 1.34. The van der Waals surface area contributed by atoms with Gasteiger partial charge < -0.3 is 14.2 Å². The smallest absolute Gasteiger partial charge is 0.409 e. The largest absolute Gasteiger partial charge is 0.415 e. The summed E-state index contributed by atoms with van der Waals surface area (Å²) in [5, 5.41) is 4.06. The van der Waals surface area contributed by atoms with Gasteiger partial charge in [0.2, 0.25) is 0 Å². The van der Waals surface area contributed by atoms with Gasteiger partial charge in [0.05, 0.1) is 6.20 Å². The van der Waals surface area contributed by atoms with Gasteiger partial charge in [0.25, 0.3) is 5.89 Å². The van der Waals surface area contributed by atoms with E-state index in [1.54, 1.807) is 29.2 Å². The van der Waals surface area contributed by atoms with Crippen LogP contribution >= 0.6 is 0 Å². The summed E-state index contributed by atoms with van der Waals surface area (Å²) in [6.45, 7) is 2.96. The summed E-state index contributed by atoms with van der Waals surface area (Å²) in [6, 6.07) is 9.43. The third kappa shape index (κ3) is 4.00. The summed E-state index contributed by atoms with van der Waals surface area (Å²) in [5.74, 6) is 1.19. The van der Waals surface area contributed by atoms with E-state index in [9.17, 15) is 9.18 Å². The fourth-order valence-electron chi connectivity index (χ4n) is 3.11. The van der Waals surface area contributed by atoms with Crippen molar-refractivity contribution in [3.05, 3.63) is 59.9 Å². The second-order valence-electron chi connectivity index (χ2n) is 6.73. The molecule has 1 fully saturated rings. The quantitative estimate of drug-likeness (QED) is 0.682. The fraction of sp³-hybridized carbons (Fsp3) is 0.300. The topological polar surface area (TPSA) is 81.4 Å². The molecule has 1 saturated heterocycles. The number of carbonyl (C=O) groups is 1. The molecule has 28 heavy (non-hydrogen) atoms. The molecule has 0 atom stereocenters. The first-order chi connectivity index (χ1) is 13.6. The number of hydrogen-bond acceptors (Lipinski definition) is 6. The molecular formula is C20H19FN4O3. The first kappa shape index (κ1) is 18.1. The molecule has 0 saturated carbocycles. The Hall–Kier alpha value is -3.29. The zero-order valence-electron chi connectivity index (χ0n) is 15.3. The van der Waals surface area contributed by atoms with Crippen molar-refractivity contribution in [2.24, 2.45) is 0 Å². The van der Waals surface area contributed by atoms with Crippen molar-refractivity contribution >= 4 is 6.09 Å². The lowest BCUT2D eigenvalue weighted by molar-refractivity contribution is 0.137. The van der Waals surface area contributed by atoms with Crippen LogP contribution in [0.25, 0.3) is 11.5 Å². The van der Waals surface area contributed by atoms with E-state index >= 15 is 0 Å². The molecule has 1 aromatic carbocycles. The molecule has 0 radical (unpaired) electrons. The number of ether oxygens (including phenoxy) is 1. The molecule has 144 valence electrons. The Kier molecular flexibility index (Phi) is 5.01. The van der Waals surface area contributed by atoms with Crippen LogP contribution < -0.4 is 4.74 Å². The third-order valence-electron chi connectivity index (χ3n) is 4.74. The van der Waals surface area contributed by atoms with Crippen LogP contribution in [0.2, 0.25) is 0 Å². The van der Waals surface area contributed by atoms with Crippen LogP contribution in [-0.2, 0) is 0 Å². The number of amides is 1. The lowest BCUT2D eigenvalue weighted by Crippen LogP contribution is -2.39. The average molecular weight is 382 g/mol. The molecule has 1 aliphatic heterocycles. The van der Waals surface area contributed by atoms with Gasteiger partial charge >= 0.3 is 6.09 Å². The van der Waals surface area contributed by atoms with Crippen LogP contribution in [0.15, 0.2) is 47.1 Å². The second-order valence-corrected chi connectivity index (χ2v) is 6.73. The van der Waals surface area contributed by atoms with Gasteiger partial charge in [-0.3, -0.25) is 4.98 Å². The SMILES string of the molecule is Cc1ccc(OC(=O)N2CCC(c3noc(-c4ccc(F)cc4)n3)CC2)cn1. The van der Waals surface area contributed by atoms with Crippen molar-refractivity contribution in [2.45, 2.75) is 25.7 Å². The Morgan fingerprint density at radius 1 is 1.18 bits per heavy atom. The predicted molar refractivity (Wildman–Crippen MR) is 98.2 cm³/mol. The first-order valence-corrected chi connectivity index (χ1v) is 9.07.